The van der Waals surface area contributed by atoms with E-state index < -0.39 is 5.97 Å². The Bertz CT molecular complexity index is 633. The number of aromatic nitrogens is 1. The number of hydrogen-bond acceptors (Lipinski definition) is 4. The molecule has 22 heavy (non-hydrogen) atoms. The zero-order chi connectivity index (χ0) is 15.5. The van der Waals surface area contributed by atoms with Crippen molar-refractivity contribution in [1.29, 1.82) is 0 Å². The van der Waals surface area contributed by atoms with E-state index in [-0.39, 0.29) is 12.0 Å². The topological polar surface area (TPSA) is 53.4 Å². The van der Waals surface area contributed by atoms with Gasteiger partial charge in [-0.25, -0.2) is 0 Å². The third-order valence-corrected chi connectivity index (χ3v) is 5.30. The number of piperidine rings is 1. The fourth-order valence-electron chi connectivity index (χ4n) is 3.06. The zero-order valence-electron chi connectivity index (χ0n) is 12.6. The van der Waals surface area contributed by atoms with Crippen molar-refractivity contribution in [3.8, 4) is 0 Å². The molecule has 0 amide bonds. The third kappa shape index (κ3) is 3.20. The average Bonchev–Trinajstić information content (AvgIpc) is 2.95. The molecule has 0 saturated carbocycles. The Morgan fingerprint density at radius 2 is 2.09 bits per heavy atom. The van der Waals surface area contributed by atoms with Gasteiger partial charge in [0.15, 0.2) is 0 Å². The van der Waals surface area contributed by atoms with Gasteiger partial charge in [-0.15, -0.1) is 11.3 Å². The lowest BCUT2D eigenvalue weighted by Crippen LogP contribution is -2.39. The maximum Gasteiger partial charge on any atom is 0.306 e. The van der Waals surface area contributed by atoms with Crippen molar-refractivity contribution in [2.24, 2.45) is 5.92 Å². The molecule has 1 aliphatic heterocycles. The number of carboxylic acid groups (broad SMARTS) is 1. The summed E-state index contributed by atoms with van der Waals surface area (Å²) in [6.45, 7) is 3.71. The van der Waals surface area contributed by atoms with E-state index in [4.69, 9.17) is 0 Å². The second-order valence-corrected chi connectivity index (χ2v) is 7.07. The van der Waals surface area contributed by atoms with Gasteiger partial charge in [-0.2, -0.15) is 0 Å². The third-order valence-electron chi connectivity index (χ3n) is 4.24. The van der Waals surface area contributed by atoms with Crippen LogP contribution in [0.15, 0.2) is 36.5 Å². The molecular weight excluding hydrogens is 296 g/mol. The standard InChI is InChI=1S/C17H20N2O2S/c1-12-5-6-15(22-12)16(14-4-2-3-9-18-14)19-10-7-13(8-11-19)17(20)21/h2-6,9,13,16H,7-8,10-11H2,1H3,(H,20,21). The predicted octanol–water partition coefficient (Wildman–Crippen LogP) is 3.34. The predicted molar refractivity (Wildman–Crippen MR) is 87.1 cm³/mol. The highest BCUT2D eigenvalue weighted by molar-refractivity contribution is 7.12. The summed E-state index contributed by atoms with van der Waals surface area (Å²) in [6, 6.07) is 10.4. The number of carboxylic acids is 1. The molecule has 0 radical (unpaired) electrons. The van der Waals surface area contributed by atoms with Crippen molar-refractivity contribution in [3.05, 3.63) is 52.0 Å². The minimum Gasteiger partial charge on any atom is -0.481 e. The van der Waals surface area contributed by atoms with Gasteiger partial charge in [-0.1, -0.05) is 6.07 Å². The molecule has 4 nitrogen and oxygen atoms in total. The molecule has 116 valence electrons. The molecule has 3 rings (SSSR count). The van der Waals surface area contributed by atoms with Crippen LogP contribution in [0.25, 0.3) is 0 Å². The molecule has 0 aromatic carbocycles. The molecule has 1 saturated heterocycles. The molecule has 1 unspecified atom stereocenters. The molecule has 5 heteroatoms. The molecule has 3 heterocycles. The summed E-state index contributed by atoms with van der Waals surface area (Å²) in [4.78, 5) is 20.6. The zero-order valence-corrected chi connectivity index (χ0v) is 13.4. The molecular formula is C17H20N2O2S. The Morgan fingerprint density at radius 1 is 1.32 bits per heavy atom. The van der Waals surface area contributed by atoms with Gasteiger partial charge in [0.25, 0.3) is 0 Å². The second-order valence-electron chi connectivity index (χ2n) is 5.75. The van der Waals surface area contributed by atoms with Crippen molar-refractivity contribution < 1.29 is 9.90 Å². The molecule has 0 spiro atoms. The van der Waals surface area contributed by atoms with Crippen molar-refractivity contribution in [2.45, 2.75) is 25.8 Å². The maximum atomic E-state index is 11.1. The Labute approximate surface area is 134 Å². The number of thiophene rings is 1. The molecule has 1 atom stereocenters. The smallest absolute Gasteiger partial charge is 0.306 e. The van der Waals surface area contributed by atoms with Crippen LogP contribution >= 0.6 is 11.3 Å². The molecule has 1 fully saturated rings. The van der Waals surface area contributed by atoms with E-state index in [0.29, 0.717) is 12.8 Å². The molecule has 0 bridgehead atoms. The minimum atomic E-state index is -0.666. The summed E-state index contributed by atoms with van der Waals surface area (Å²) < 4.78 is 0. The van der Waals surface area contributed by atoms with Crippen LogP contribution in [-0.2, 0) is 4.79 Å². The Hall–Kier alpha value is -1.72. The summed E-state index contributed by atoms with van der Waals surface area (Å²) in [7, 11) is 0. The van der Waals surface area contributed by atoms with Crippen LogP contribution < -0.4 is 0 Å². The molecule has 1 aliphatic rings. The van der Waals surface area contributed by atoms with Crippen LogP contribution in [0, 0.1) is 12.8 Å². The first kappa shape index (κ1) is 15.2. The molecule has 1 N–H and O–H groups in total. The van der Waals surface area contributed by atoms with Crippen LogP contribution in [0.3, 0.4) is 0 Å². The fraction of sp³-hybridized carbons (Fsp3) is 0.412. The fourth-order valence-corrected chi connectivity index (χ4v) is 4.08. The SMILES string of the molecule is Cc1ccc(C(c2ccccn2)N2CCC(C(=O)O)CC2)s1. The lowest BCUT2D eigenvalue weighted by molar-refractivity contribution is -0.143. The molecule has 2 aromatic heterocycles. The van der Waals surface area contributed by atoms with Crippen LogP contribution in [-0.4, -0.2) is 34.0 Å². The number of pyridine rings is 1. The highest BCUT2D eigenvalue weighted by Crippen LogP contribution is 2.34. The normalized spacial score (nSPS) is 18.2. The molecule has 2 aromatic rings. The van der Waals surface area contributed by atoms with Crippen molar-refractivity contribution in [2.75, 3.05) is 13.1 Å². The van der Waals surface area contributed by atoms with Crippen LogP contribution in [0.2, 0.25) is 0 Å². The second kappa shape index (κ2) is 6.58. The lowest BCUT2D eigenvalue weighted by Gasteiger charge is -2.35. The molecule has 0 aliphatic carbocycles. The maximum absolute atomic E-state index is 11.1. The summed E-state index contributed by atoms with van der Waals surface area (Å²) in [6.07, 6.45) is 3.25. The average molecular weight is 316 g/mol. The number of aliphatic carboxylic acids is 1. The van der Waals surface area contributed by atoms with Gasteiger partial charge >= 0.3 is 5.97 Å². The van der Waals surface area contributed by atoms with E-state index in [9.17, 15) is 9.90 Å². The first-order chi connectivity index (χ1) is 10.6. The number of aryl methyl sites for hydroxylation is 1. The first-order valence-corrected chi connectivity index (χ1v) is 8.41. The van der Waals surface area contributed by atoms with Crippen LogP contribution in [0.4, 0.5) is 0 Å². The van der Waals surface area contributed by atoms with Gasteiger partial charge in [0.05, 0.1) is 17.7 Å². The van der Waals surface area contributed by atoms with E-state index in [1.165, 1.54) is 9.75 Å². The Balaban J connectivity index is 1.85. The summed E-state index contributed by atoms with van der Waals surface area (Å²) in [5, 5.41) is 9.17. The van der Waals surface area contributed by atoms with Gasteiger partial charge in [0.2, 0.25) is 0 Å². The number of carbonyl (C=O) groups is 1. The number of rotatable bonds is 4. The lowest BCUT2D eigenvalue weighted by atomic mass is 9.95. The van der Waals surface area contributed by atoms with E-state index in [1.807, 2.05) is 18.3 Å². The number of nitrogens with zero attached hydrogens (tertiary/aromatic N) is 2. The summed E-state index contributed by atoms with van der Waals surface area (Å²) >= 11 is 1.79. The largest absolute Gasteiger partial charge is 0.481 e. The van der Waals surface area contributed by atoms with Crippen molar-refractivity contribution >= 4 is 17.3 Å². The van der Waals surface area contributed by atoms with E-state index in [0.717, 1.165) is 18.8 Å². The number of hydrogen-bond donors (Lipinski definition) is 1. The highest BCUT2D eigenvalue weighted by atomic mass is 32.1. The monoisotopic (exact) mass is 316 g/mol. The van der Waals surface area contributed by atoms with E-state index >= 15 is 0 Å². The first-order valence-electron chi connectivity index (χ1n) is 7.59. The Morgan fingerprint density at radius 3 is 2.64 bits per heavy atom. The minimum absolute atomic E-state index is 0.134. The van der Waals surface area contributed by atoms with Gasteiger partial charge in [0.1, 0.15) is 0 Å². The van der Waals surface area contributed by atoms with Gasteiger partial charge < -0.3 is 5.11 Å². The van der Waals surface area contributed by atoms with Crippen molar-refractivity contribution in [3.63, 3.8) is 0 Å². The summed E-state index contributed by atoms with van der Waals surface area (Å²) in [5.41, 5.74) is 1.04. The highest BCUT2D eigenvalue weighted by Gasteiger charge is 2.31. The van der Waals surface area contributed by atoms with Crippen molar-refractivity contribution in [1.82, 2.24) is 9.88 Å². The van der Waals surface area contributed by atoms with Gasteiger partial charge in [0, 0.05) is 16.0 Å². The quantitative estimate of drug-likeness (QED) is 0.940. The van der Waals surface area contributed by atoms with Gasteiger partial charge in [-0.05, 0) is 57.1 Å². The van der Waals surface area contributed by atoms with E-state index in [2.05, 4.69) is 35.0 Å². The van der Waals surface area contributed by atoms with Crippen LogP contribution in [0.5, 0.6) is 0 Å². The van der Waals surface area contributed by atoms with E-state index in [1.54, 1.807) is 11.3 Å². The van der Waals surface area contributed by atoms with Gasteiger partial charge in [-0.3, -0.25) is 14.7 Å². The summed E-state index contributed by atoms with van der Waals surface area (Å²) in [5.74, 6) is -0.869. The number of likely N-dealkylation sites (tertiary alicyclic amines) is 1. The Kier molecular flexibility index (Phi) is 4.55. The van der Waals surface area contributed by atoms with Crippen LogP contribution in [0.1, 0.15) is 34.3 Å².